The lowest BCUT2D eigenvalue weighted by molar-refractivity contribution is 0.171. The summed E-state index contributed by atoms with van der Waals surface area (Å²) in [7, 11) is 1.60. The third-order valence-corrected chi connectivity index (χ3v) is 5.38. The minimum Gasteiger partial charge on any atom is -0.493 e. The molecular weight excluding hydrogens is 360 g/mol. The number of hydrogen-bond donors (Lipinski definition) is 0. The van der Waals surface area contributed by atoms with E-state index in [1.165, 1.54) is 25.7 Å². The fraction of sp³-hybridized carbons (Fsp3) is 0.450. The van der Waals surface area contributed by atoms with Crippen LogP contribution in [-0.4, -0.2) is 33.7 Å². The number of rotatable bonds is 5. The van der Waals surface area contributed by atoms with Crippen LogP contribution < -0.4 is 14.2 Å². The molecule has 0 unspecified atom stereocenters. The molecule has 0 radical (unpaired) electrons. The first-order valence-electron chi connectivity index (χ1n) is 9.55. The van der Waals surface area contributed by atoms with Crippen molar-refractivity contribution >= 4 is 0 Å². The Morgan fingerprint density at radius 1 is 1.21 bits per heavy atom. The number of aromatic nitrogens is 4. The number of aryl methyl sites for hydroxylation is 1. The van der Waals surface area contributed by atoms with E-state index >= 15 is 0 Å². The summed E-state index contributed by atoms with van der Waals surface area (Å²) in [6.07, 6.45) is 6.69. The van der Waals surface area contributed by atoms with Crippen LogP contribution in [0.15, 0.2) is 22.9 Å². The quantitative estimate of drug-likeness (QED) is 0.665. The molecule has 1 saturated carbocycles. The maximum atomic E-state index is 5.91. The van der Waals surface area contributed by atoms with Crippen molar-refractivity contribution in [2.24, 2.45) is 0 Å². The molecule has 3 aromatic rings. The highest BCUT2D eigenvalue weighted by Gasteiger charge is 2.24. The van der Waals surface area contributed by atoms with E-state index in [1.807, 2.05) is 23.7 Å². The van der Waals surface area contributed by atoms with Gasteiger partial charge in [0.25, 0.3) is 0 Å². The molecule has 0 saturated heterocycles. The molecule has 2 aromatic heterocycles. The highest BCUT2D eigenvalue weighted by molar-refractivity contribution is 5.66. The zero-order valence-electron chi connectivity index (χ0n) is 16.0. The minimum absolute atomic E-state index is 0.181. The van der Waals surface area contributed by atoms with Gasteiger partial charge in [-0.05, 0) is 31.9 Å². The van der Waals surface area contributed by atoms with Crippen molar-refractivity contribution in [2.75, 3.05) is 13.9 Å². The molecule has 5 rings (SSSR count). The third-order valence-electron chi connectivity index (χ3n) is 5.38. The Morgan fingerprint density at radius 3 is 2.89 bits per heavy atom. The molecule has 8 heteroatoms. The largest absolute Gasteiger partial charge is 0.493 e. The van der Waals surface area contributed by atoms with Gasteiger partial charge in [-0.1, -0.05) is 12.8 Å². The lowest BCUT2D eigenvalue weighted by atomic mass is 10.1. The molecule has 0 atom stereocenters. The molecule has 28 heavy (non-hydrogen) atoms. The Labute approximate surface area is 162 Å². The first kappa shape index (κ1) is 17.1. The smallest absolute Gasteiger partial charge is 0.231 e. The van der Waals surface area contributed by atoms with Crippen LogP contribution in [0.2, 0.25) is 0 Å². The third kappa shape index (κ3) is 2.98. The van der Waals surface area contributed by atoms with E-state index < -0.39 is 0 Å². The number of nitrogens with zero attached hydrogens (tertiary/aromatic N) is 4. The van der Waals surface area contributed by atoms with Crippen molar-refractivity contribution in [3.05, 3.63) is 35.7 Å². The van der Waals surface area contributed by atoms with Gasteiger partial charge in [-0.25, -0.2) is 14.6 Å². The van der Waals surface area contributed by atoms with Crippen LogP contribution >= 0.6 is 0 Å². The van der Waals surface area contributed by atoms with Gasteiger partial charge in [0.1, 0.15) is 17.8 Å². The van der Waals surface area contributed by atoms with Crippen LogP contribution in [0.25, 0.3) is 11.5 Å². The number of hydrogen-bond acceptors (Lipinski definition) is 7. The maximum Gasteiger partial charge on any atom is 0.231 e. The van der Waals surface area contributed by atoms with Crippen molar-refractivity contribution in [1.29, 1.82) is 0 Å². The predicted octanol–water partition coefficient (Wildman–Crippen LogP) is 3.68. The summed E-state index contributed by atoms with van der Waals surface area (Å²) in [5.41, 5.74) is 1.61. The highest BCUT2D eigenvalue weighted by Crippen LogP contribution is 2.44. The molecule has 0 amide bonds. The van der Waals surface area contributed by atoms with Crippen LogP contribution in [-0.2, 0) is 6.54 Å². The fourth-order valence-corrected chi connectivity index (χ4v) is 3.86. The molecule has 2 aliphatic rings. The van der Waals surface area contributed by atoms with Gasteiger partial charge in [0.05, 0.1) is 13.7 Å². The molecular formula is C20H22N4O4. The Hall–Kier alpha value is -3.03. The normalized spacial score (nSPS) is 16.1. The number of ether oxygens (including phenoxy) is 3. The minimum atomic E-state index is 0.181. The molecule has 8 nitrogen and oxygen atoms in total. The summed E-state index contributed by atoms with van der Waals surface area (Å²) < 4.78 is 24.1. The zero-order valence-corrected chi connectivity index (χ0v) is 16.0. The lowest BCUT2D eigenvalue weighted by Gasteiger charge is -2.06. The van der Waals surface area contributed by atoms with E-state index in [0.29, 0.717) is 35.6 Å². The Morgan fingerprint density at radius 2 is 2.07 bits per heavy atom. The summed E-state index contributed by atoms with van der Waals surface area (Å²) in [5, 5.41) is 4.65. The van der Waals surface area contributed by atoms with Crippen LogP contribution in [0, 0.1) is 6.92 Å². The average molecular weight is 382 g/mol. The van der Waals surface area contributed by atoms with Gasteiger partial charge in [0.15, 0.2) is 17.3 Å². The number of fused-ring (bicyclic) bond motifs is 1. The van der Waals surface area contributed by atoms with Crippen molar-refractivity contribution in [3.63, 3.8) is 0 Å². The van der Waals surface area contributed by atoms with E-state index in [4.69, 9.17) is 18.6 Å². The highest BCUT2D eigenvalue weighted by atomic mass is 16.7. The maximum absolute atomic E-state index is 5.91. The molecule has 1 aliphatic heterocycles. The van der Waals surface area contributed by atoms with Gasteiger partial charge < -0.3 is 18.6 Å². The van der Waals surface area contributed by atoms with E-state index in [-0.39, 0.29) is 6.79 Å². The van der Waals surface area contributed by atoms with Crippen LogP contribution in [0.5, 0.6) is 17.2 Å². The molecule has 0 bridgehead atoms. The molecule has 0 spiro atoms. The fourth-order valence-electron chi connectivity index (χ4n) is 3.86. The van der Waals surface area contributed by atoms with Crippen LogP contribution in [0.3, 0.4) is 0 Å². The number of benzene rings is 1. The summed E-state index contributed by atoms with van der Waals surface area (Å²) in [6, 6.07) is 3.70. The van der Waals surface area contributed by atoms with Crippen LogP contribution in [0.1, 0.15) is 48.9 Å². The molecule has 1 fully saturated rings. The van der Waals surface area contributed by atoms with E-state index in [1.54, 1.807) is 13.4 Å². The van der Waals surface area contributed by atoms with Crippen molar-refractivity contribution < 1.29 is 18.6 Å². The summed E-state index contributed by atoms with van der Waals surface area (Å²) >= 11 is 0. The summed E-state index contributed by atoms with van der Waals surface area (Å²) in [6.45, 7) is 2.61. The second-order valence-corrected chi connectivity index (χ2v) is 7.22. The topological polar surface area (TPSA) is 84.4 Å². The van der Waals surface area contributed by atoms with Gasteiger partial charge >= 0.3 is 0 Å². The van der Waals surface area contributed by atoms with Gasteiger partial charge in [0, 0.05) is 11.5 Å². The SMILES string of the molecule is COc1cc(-c2nc(Cn3cnc(C4CCCC4)n3)c(C)o2)cc2c1OCO2. The van der Waals surface area contributed by atoms with Crippen molar-refractivity contribution in [3.8, 4) is 28.7 Å². The standard InChI is InChI=1S/C20H22N4O4/c1-12-15(9-24-10-21-19(23-24)13-5-3-4-6-13)22-20(28-12)14-7-16(25-2)18-17(8-14)26-11-27-18/h7-8,10,13H,3-6,9,11H2,1-2H3. The predicted molar refractivity (Wildman–Crippen MR) is 99.7 cm³/mol. The average Bonchev–Trinajstić information content (AvgIpc) is 3.48. The Kier molecular flexibility index (Phi) is 4.18. The molecule has 0 N–H and O–H groups in total. The summed E-state index contributed by atoms with van der Waals surface area (Å²) in [4.78, 5) is 9.17. The second-order valence-electron chi connectivity index (χ2n) is 7.22. The second kappa shape index (κ2) is 6.85. The first-order chi connectivity index (χ1) is 13.7. The summed E-state index contributed by atoms with van der Waals surface area (Å²) in [5.74, 6) is 4.54. The van der Waals surface area contributed by atoms with Gasteiger partial charge in [0.2, 0.25) is 18.4 Å². The lowest BCUT2D eigenvalue weighted by Crippen LogP contribution is -2.04. The van der Waals surface area contributed by atoms with Gasteiger partial charge in [-0.15, -0.1) is 0 Å². The van der Waals surface area contributed by atoms with Crippen molar-refractivity contribution in [1.82, 2.24) is 19.7 Å². The van der Waals surface area contributed by atoms with E-state index in [2.05, 4.69) is 15.1 Å². The van der Waals surface area contributed by atoms with E-state index in [9.17, 15) is 0 Å². The number of oxazole rings is 1. The zero-order chi connectivity index (χ0) is 19.1. The van der Waals surface area contributed by atoms with Crippen molar-refractivity contribution in [2.45, 2.75) is 45.1 Å². The first-order valence-corrected chi connectivity index (χ1v) is 9.55. The van der Waals surface area contributed by atoms with Gasteiger partial charge in [-0.3, -0.25) is 0 Å². The van der Waals surface area contributed by atoms with Crippen LogP contribution in [0.4, 0.5) is 0 Å². The molecule has 3 heterocycles. The Balaban J connectivity index is 1.40. The Bertz CT molecular complexity index is 1000. The number of methoxy groups -OCH3 is 1. The molecule has 146 valence electrons. The molecule has 1 aromatic carbocycles. The molecule has 1 aliphatic carbocycles. The van der Waals surface area contributed by atoms with Gasteiger partial charge in [-0.2, -0.15) is 5.10 Å². The van der Waals surface area contributed by atoms with E-state index in [0.717, 1.165) is 22.8 Å². The monoisotopic (exact) mass is 382 g/mol.